The molecule has 1 fully saturated rings. The molecular formula is C21H28N6. The number of nitrogens with zero attached hydrogens (tertiary/aromatic N) is 5. The van der Waals surface area contributed by atoms with Crippen molar-refractivity contribution in [1.29, 1.82) is 0 Å². The molecule has 0 aliphatic carbocycles. The van der Waals surface area contributed by atoms with Gasteiger partial charge in [0.15, 0.2) is 0 Å². The standard InChI is InChI=1S/C21H28N6/c1-14(2)18-19(15(3)7-9-23-18)27-13-25-21(17-6-5-8-24-20(17)27)26-11-10-22-12-16(26)4/h5-9,14,16,22H,10-13H2,1-4H3/t16-/m0/s1. The molecule has 1 atom stereocenters. The molecule has 1 saturated heterocycles. The third-order valence-corrected chi connectivity index (χ3v) is 5.39. The molecule has 0 bridgehead atoms. The normalized spacial score (nSPS) is 19.9. The van der Waals surface area contributed by atoms with Crippen molar-refractivity contribution in [1.82, 2.24) is 20.2 Å². The van der Waals surface area contributed by atoms with E-state index in [1.54, 1.807) is 0 Å². The summed E-state index contributed by atoms with van der Waals surface area (Å²) in [6.07, 6.45) is 3.77. The number of rotatable bonds is 2. The van der Waals surface area contributed by atoms with Gasteiger partial charge in [0.2, 0.25) is 0 Å². The molecule has 4 heterocycles. The average molecular weight is 364 g/mol. The van der Waals surface area contributed by atoms with Gasteiger partial charge >= 0.3 is 0 Å². The zero-order valence-electron chi connectivity index (χ0n) is 16.6. The monoisotopic (exact) mass is 364 g/mol. The number of hydrogen-bond acceptors (Lipinski definition) is 6. The lowest BCUT2D eigenvalue weighted by atomic mass is 10.0. The molecule has 0 amide bonds. The number of amidine groups is 1. The number of aliphatic imine (C=N–C) groups is 1. The van der Waals surface area contributed by atoms with Gasteiger partial charge in [-0.2, -0.15) is 0 Å². The first kappa shape index (κ1) is 17.9. The van der Waals surface area contributed by atoms with Gasteiger partial charge in [-0.05, 0) is 43.5 Å². The summed E-state index contributed by atoms with van der Waals surface area (Å²) in [5, 5.41) is 3.46. The van der Waals surface area contributed by atoms with Crippen molar-refractivity contribution in [3.63, 3.8) is 0 Å². The van der Waals surface area contributed by atoms with Crippen LogP contribution in [0.5, 0.6) is 0 Å². The van der Waals surface area contributed by atoms with Gasteiger partial charge in [-0.3, -0.25) is 4.98 Å². The summed E-state index contributed by atoms with van der Waals surface area (Å²) in [7, 11) is 0. The van der Waals surface area contributed by atoms with E-state index in [0.29, 0.717) is 18.6 Å². The van der Waals surface area contributed by atoms with Crippen LogP contribution in [0.4, 0.5) is 11.5 Å². The molecule has 0 aromatic carbocycles. The van der Waals surface area contributed by atoms with E-state index < -0.39 is 0 Å². The molecule has 0 spiro atoms. The molecule has 2 aromatic rings. The van der Waals surface area contributed by atoms with Gasteiger partial charge in [-0.25, -0.2) is 9.98 Å². The summed E-state index contributed by atoms with van der Waals surface area (Å²) >= 11 is 0. The van der Waals surface area contributed by atoms with E-state index in [9.17, 15) is 0 Å². The predicted molar refractivity (Wildman–Crippen MR) is 110 cm³/mol. The molecule has 0 unspecified atom stereocenters. The summed E-state index contributed by atoms with van der Waals surface area (Å²) in [6, 6.07) is 6.64. The molecule has 6 nitrogen and oxygen atoms in total. The molecule has 0 saturated carbocycles. The highest BCUT2D eigenvalue weighted by Crippen LogP contribution is 2.37. The molecule has 2 aliphatic rings. The number of hydrogen-bond donors (Lipinski definition) is 1. The van der Waals surface area contributed by atoms with Gasteiger partial charge in [0.25, 0.3) is 0 Å². The molecule has 2 aliphatic heterocycles. The summed E-state index contributed by atoms with van der Waals surface area (Å²) in [5.41, 5.74) is 4.55. The van der Waals surface area contributed by atoms with Gasteiger partial charge in [0, 0.05) is 38.1 Å². The minimum absolute atomic E-state index is 0.339. The van der Waals surface area contributed by atoms with Crippen LogP contribution in [0, 0.1) is 6.92 Å². The van der Waals surface area contributed by atoms with Crippen molar-refractivity contribution in [3.8, 4) is 0 Å². The van der Waals surface area contributed by atoms with Crippen molar-refractivity contribution in [2.45, 2.75) is 39.7 Å². The van der Waals surface area contributed by atoms with Crippen LogP contribution in [0.3, 0.4) is 0 Å². The number of piperazine rings is 1. The Labute approximate surface area is 161 Å². The highest BCUT2D eigenvalue weighted by Gasteiger charge is 2.31. The van der Waals surface area contributed by atoms with Crippen molar-refractivity contribution < 1.29 is 0 Å². The fourth-order valence-corrected chi connectivity index (χ4v) is 4.00. The number of anilines is 2. The van der Waals surface area contributed by atoms with E-state index in [1.165, 1.54) is 5.56 Å². The van der Waals surface area contributed by atoms with Crippen molar-refractivity contribution in [3.05, 3.63) is 47.4 Å². The fraction of sp³-hybridized carbons (Fsp3) is 0.476. The van der Waals surface area contributed by atoms with Crippen LogP contribution in [0.2, 0.25) is 0 Å². The molecule has 6 heteroatoms. The van der Waals surface area contributed by atoms with Crippen LogP contribution in [0.1, 0.15) is 43.5 Å². The van der Waals surface area contributed by atoms with E-state index in [4.69, 9.17) is 9.98 Å². The first-order valence-corrected chi connectivity index (χ1v) is 9.78. The Kier molecular flexibility index (Phi) is 4.83. The smallest absolute Gasteiger partial charge is 0.145 e. The summed E-state index contributed by atoms with van der Waals surface area (Å²) < 4.78 is 0. The number of nitrogens with one attached hydrogen (secondary N) is 1. The zero-order valence-corrected chi connectivity index (χ0v) is 16.6. The van der Waals surface area contributed by atoms with Crippen LogP contribution in [0.25, 0.3) is 0 Å². The van der Waals surface area contributed by atoms with Crippen LogP contribution in [0.15, 0.2) is 35.6 Å². The SMILES string of the molecule is Cc1ccnc(C(C)C)c1N1CN=C(N2CCNC[C@@H]2C)c2cccnc21. The Bertz CT molecular complexity index is 860. The lowest BCUT2D eigenvalue weighted by Gasteiger charge is -2.40. The predicted octanol–water partition coefficient (Wildman–Crippen LogP) is 3.06. The van der Waals surface area contributed by atoms with Crippen LogP contribution in [-0.2, 0) is 0 Å². The van der Waals surface area contributed by atoms with Crippen molar-refractivity contribution >= 4 is 17.3 Å². The third kappa shape index (κ3) is 3.18. The van der Waals surface area contributed by atoms with Crippen LogP contribution < -0.4 is 10.2 Å². The summed E-state index contributed by atoms with van der Waals surface area (Å²) in [6.45, 7) is 12.3. The molecule has 1 N–H and O–H groups in total. The maximum Gasteiger partial charge on any atom is 0.145 e. The Morgan fingerprint density at radius 3 is 2.81 bits per heavy atom. The van der Waals surface area contributed by atoms with Gasteiger partial charge < -0.3 is 15.1 Å². The second kappa shape index (κ2) is 7.27. The highest BCUT2D eigenvalue weighted by atomic mass is 15.3. The van der Waals surface area contributed by atoms with E-state index >= 15 is 0 Å². The van der Waals surface area contributed by atoms with Gasteiger partial charge in [0.1, 0.15) is 18.3 Å². The number of fused-ring (bicyclic) bond motifs is 1. The summed E-state index contributed by atoms with van der Waals surface area (Å²) in [5.74, 6) is 2.38. The largest absolute Gasteiger partial charge is 0.351 e. The van der Waals surface area contributed by atoms with Gasteiger partial charge in [-0.1, -0.05) is 13.8 Å². The van der Waals surface area contributed by atoms with Crippen LogP contribution in [-0.4, -0.2) is 53.0 Å². The quantitative estimate of drug-likeness (QED) is 0.888. The van der Waals surface area contributed by atoms with E-state index in [1.807, 2.05) is 18.5 Å². The van der Waals surface area contributed by atoms with Crippen molar-refractivity contribution in [2.24, 2.45) is 4.99 Å². The van der Waals surface area contributed by atoms with Crippen LogP contribution >= 0.6 is 0 Å². The maximum atomic E-state index is 5.02. The van der Waals surface area contributed by atoms with E-state index in [0.717, 1.165) is 48.2 Å². The number of pyridine rings is 2. The zero-order chi connectivity index (χ0) is 19.0. The first-order valence-electron chi connectivity index (χ1n) is 9.78. The Morgan fingerprint density at radius 1 is 1.19 bits per heavy atom. The highest BCUT2D eigenvalue weighted by molar-refractivity contribution is 6.05. The minimum Gasteiger partial charge on any atom is -0.351 e. The first-order chi connectivity index (χ1) is 13.1. The molecule has 142 valence electrons. The second-order valence-corrected chi connectivity index (χ2v) is 7.69. The maximum absolute atomic E-state index is 5.02. The molecule has 2 aromatic heterocycles. The number of aromatic nitrogens is 2. The molecule has 27 heavy (non-hydrogen) atoms. The molecule has 4 rings (SSSR count). The Morgan fingerprint density at radius 2 is 2.04 bits per heavy atom. The average Bonchev–Trinajstić information content (AvgIpc) is 2.68. The third-order valence-electron chi connectivity index (χ3n) is 5.39. The Balaban J connectivity index is 1.80. The van der Waals surface area contributed by atoms with Gasteiger partial charge in [-0.15, -0.1) is 0 Å². The molecular weight excluding hydrogens is 336 g/mol. The lowest BCUT2D eigenvalue weighted by molar-refractivity contribution is 0.273. The second-order valence-electron chi connectivity index (χ2n) is 7.69. The molecule has 0 radical (unpaired) electrons. The Hall–Kier alpha value is -2.47. The van der Waals surface area contributed by atoms with Crippen molar-refractivity contribution in [2.75, 3.05) is 31.2 Å². The minimum atomic E-state index is 0.339. The van der Waals surface area contributed by atoms with Gasteiger partial charge in [0.05, 0.1) is 16.9 Å². The summed E-state index contributed by atoms with van der Waals surface area (Å²) in [4.78, 5) is 19.1. The lowest BCUT2D eigenvalue weighted by Crippen LogP contribution is -2.53. The topological polar surface area (TPSA) is 56.7 Å². The fourth-order valence-electron chi connectivity index (χ4n) is 4.00. The van der Waals surface area contributed by atoms with E-state index in [2.05, 4.69) is 59.9 Å². The number of aryl methyl sites for hydroxylation is 1. The van der Waals surface area contributed by atoms with E-state index in [-0.39, 0.29) is 0 Å².